The number of rotatable bonds is 1. The molecule has 1 fully saturated rings. The van der Waals surface area contributed by atoms with Crippen molar-refractivity contribution in [1.29, 1.82) is 5.26 Å². The number of hydrogen-bond donors (Lipinski definition) is 2. The van der Waals surface area contributed by atoms with E-state index in [-0.39, 0.29) is 11.3 Å². The molecule has 1 spiro atoms. The summed E-state index contributed by atoms with van der Waals surface area (Å²) in [5, 5.41) is 16.7. The fourth-order valence-corrected chi connectivity index (χ4v) is 3.54. The highest BCUT2D eigenvalue weighted by molar-refractivity contribution is 5.54. The number of fused-ring (bicyclic) bond motifs is 2. The molecule has 1 atom stereocenters. The predicted molar refractivity (Wildman–Crippen MR) is 73.8 cm³/mol. The molecule has 3 N–H and O–H groups in total. The average molecular weight is 273 g/mol. The van der Waals surface area contributed by atoms with E-state index in [9.17, 15) is 5.26 Å². The van der Waals surface area contributed by atoms with Crippen LogP contribution < -0.4 is 10.5 Å². The monoisotopic (exact) mass is 273 g/mol. The second-order valence-electron chi connectivity index (χ2n) is 5.54. The number of ether oxygens (including phenoxy) is 1. The topological polar surface area (TPSA) is 91.0 Å². The normalized spacial score (nSPS) is 26.2. The number of nitrogens with zero attached hydrogens (tertiary/aromatic N) is 3. The SMILES string of the molecule is CCN1CCCC2(C1)C(C#N)=C(N)Oc1n[nH]c(C)c12. The van der Waals surface area contributed by atoms with E-state index >= 15 is 0 Å². The molecule has 3 heterocycles. The van der Waals surface area contributed by atoms with E-state index in [0.717, 1.165) is 43.7 Å². The van der Waals surface area contributed by atoms with Crippen LogP contribution in [0.4, 0.5) is 0 Å². The lowest BCUT2D eigenvalue weighted by Crippen LogP contribution is -2.49. The van der Waals surface area contributed by atoms with Crippen molar-refractivity contribution in [3.63, 3.8) is 0 Å². The lowest BCUT2D eigenvalue weighted by Gasteiger charge is -2.44. The van der Waals surface area contributed by atoms with Crippen LogP contribution in [0.15, 0.2) is 11.5 Å². The zero-order valence-corrected chi connectivity index (χ0v) is 11.9. The lowest BCUT2D eigenvalue weighted by molar-refractivity contribution is 0.164. The summed E-state index contributed by atoms with van der Waals surface area (Å²) in [6, 6.07) is 2.28. The molecule has 1 aromatic rings. The molecule has 3 rings (SSSR count). The van der Waals surface area contributed by atoms with E-state index < -0.39 is 0 Å². The molecule has 2 aliphatic heterocycles. The Morgan fingerprint density at radius 1 is 1.60 bits per heavy atom. The van der Waals surface area contributed by atoms with Crippen LogP contribution in [0.1, 0.15) is 31.0 Å². The van der Waals surface area contributed by atoms with Gasteiger partial charge in [-0.25, -0.2) is 0 Å². The van der Waals surface area contributed by atoms with Crippen molar-refractivity contribution in [2.24, 2.45) is 5.73 Å². The number of nitrogens with one attached hydrogen (secondary N) is 1. The number of nitrogens with two attached hydrogens (primary N) is 1. The molecule has 2 aliphatic rings. The second kappa shape index (κ2) is 4.53. The highest BCUT2D eigenvalue weighted by atomic mass is 16.5. The highest BCUT2D eigenvalue weighted by Crippen LogP contribution is 2.48. The summed E-state index contributed by atoms with van der Waals surface area (Å²) >= 11 is 0. The molecule has 0 amide bonds. The van der Waals surface area contributed by atoms with Gasteiger partial charge in [0.15, 0.2) is 0 Å². The van der Waals surface area contributed by atoms with Gasteiger partial charge < -0.3 is 15.4 Å². The van der Waals surface area contributed by atoms with Gasteiger partial charge in [-0.1, -0.05) is 6.92 Å². The predicted octanol–water partition coefficient (Wildman–Crippen LogP) is 1.16. The quantitative estimate of drug-likeness (QED) is 0.801. The van der Waals surface area contributed by atoms with E-state index in [1.807, 2.05) is 6.92 Å². The van der Waals surface area contributed by atoms with Crippen LogP contribution in [0, 0.1) is 18.3 Å². The molecule has 6 nitrogen and oxygen atoms in total. The van der Waals surface area contributed by atoms with Crippen molar-refractivity contribution in [3.8, 4) is 11.9 Å². The number of H-pyrrole nitrogens is 1. The van der Waals surface area contributed by atoms with Gasteiger partial charge in [0, 0.05) is 17.8 Å². The van der Waals surface area contributed by atoms with Crippen molar-refractivity contribution in [2.75, 3.05) is 19.6 Å². The van der Waals surface area contributed by atoms with Crippen LogP contribution in [-0.4, -0.2) is 34.7 Å². The summed E-state index contributed by atoms with van der Waals surface area (Å²) in [6.07, 6.45) is 1.94. The van der Waals surface area contributed by atoms with Crippen LogP contribution in [0.25, 0.3) is 0 Å². The molecular formula is C14H19N5O. The highest BCUT2D eigenvalue weighted by Gasteiger charge is 2.48. The first kappa shape index (κ1) is 13.0. The van der Waals surface area contributed by atoms with E-state index in [0.29, 0.717) is 11.5 Å². The maximum atomic E-state index is 9.57. The Balaban J connectivity index is 2.19. The zero-order chi connectivity index (χ0) is 14.3. The van der Waals surface area contributed by atoms with Crippen molar-refractivity contribution >= 4 is 0 Å². The standard InChI is InChI=1S/C14H19N5O/c1-3-19-6-4-5-14(8-19)10(7-15)12(16)20-13-11(14)9(2)17-18-13/h3-6,8,16H2,1-2H3,(H,17,18). The Labute approximate surface area is 118 Å². The second-order valence-corrected chi connectivity index (χ2v) is 5.54. The molecule has 1 saturated heterocycles. The fourth-order valence-electron chi connectivity index (χ4n) is 3.54. The molecule has 0 saturated carbocycles. The Kier molecular flexibility index (Phi) is 2.94. The van der Waals surface area contributed by atoms with E-state index in [2.05, 4.69) is 28.1 Å². The fraction of sp³-hybridized carbons (Fsp3) is 0.571. The number of nitriles is 1. The minimum atomic E-state index is -0.377. The van der Waals surface area contributed by atoms with Gasteiger partial charge >= 0.3 is 0 Å². The molecular weight excluding hydrogens is 254 g/mol. The van der Waals surface area contributed by atoms with Gasteiger partial charge in [-0.2, -0.15) is 5.26 Å². The van der Waals surface area contributed by atoms with Gasteiger partial charge in [0.25, 0.3) is 0 Å². The molecule has 0 bridgehead atoms. The third-order valence-corrected chi connectivity index (χ3v) is 4.45. The van der Waals surface area contributed by atoms with Crippen molar-refractivity contribution < 1.29 is 4.74 Å². The van der Waals surface area contributed by atoms with Gasteiger partial charge in [0.2, 0.25) is 11.8 Å². The van der Waals surface area contributed by atoms with Gasteiger partial charge in [0.1, 0.15) is 11.6 Å². The van der Waals surface area contributed by atoms with E-state index in [1.54, 1.807) is 0 Å². The number of aryl methyl sites for hydroxylation is 1. The molecule has 1 unspecified atom stereocenters. The van der Waals surface area contributed by atoms with Gasteiger partial charge in [-0.15, -0.1) is 5.10 Å². The molecule has 0 aromatic carbocycles. The number of aromatic amines is 1. The molecule has 106 valence electrons. The van der Waals surface area contributed by atoms with Crippen molar-refractivity contribution in [1.82, 2.24) is 15.1 Å². The maximum Gasteiger partial charge on any atom is 0.244 e. The third-order valence-electron chi connectivity index (χ3n) is 4.45. The van der Waals surface area contributed by atoms with Crippen molar-refractivity contribution in [2.45, 2.75) is 32.1 Å². The van der Waals surface area contributed by atoms with Crippen LogP contribution >= 0.6 is 0 Å². The Morgan fingerprint density at radius 3 is 3.10 bits per heavy atom. The van der Waals surface area contributed by atoms with E-state index in [4.69, 9.17) is 10.5 Å². The Bertz CT molecular complexity index is 612. The van der Waals surface area contributed by atoms with Crippen LogP contribution in [0.5, 0.6) is 5.88 Å². The minimum Gasteiger partial charge on any atom is -0.420 e. The van der Waals surface area contributed by atoms with Crippen molar-refractivity contribution in [3.05, 3.63) is 22.7 Å². The number of piperidine rings is 1. The average Bonchev–Trinajstić information content (AvgIpc) is 2.81. The molecule has 6 heteroatoms. The largest absolute Gasteiger partial charge is 0.420 e. The number of likely N-dealkylation sites (N-methyl/N-ethyl adjacent to an activating group) is 1. The van der Waals surface area contributed by atoms with Gasteiger partial charge in [-0.05, 0) is 32.9 Å². The van der Waals surface area contributed by atoms with Crippen LogP contribution in [-0.2, 0) is 5.41 Å². The first-order chi connectivity index (χ1) is 9.62. The minimum absolute atomic E-state index is 0.199. The summed E-state index contributed by atoms with van der Waals surface area (Å²) in [4.78, 5) is 2.36. The Morgan fingerprint density at radius 2 is 2.40 bits per heavy atom. The number of hydrogen-bond acceptors (Lipinski definition) is 5. The molecule has 0 radical (unpaired) electrons. The third kappa shape index (κ3) is 1.63. The first-order valence-corrected chi connectivity index (χ1v) is 6.98. The molecule has 20 heavy (non-hydrogen) atoms. The Hall–Kier alpha value is -2.00. The zero-order valence-electron chi connectivity index (χ0n) is 11.9. The summed E-state index contributed by atoms with van der Waals surface area (Å²) in [6.45, 7) is 6.93. The molecule has 1 aromatic heterocycles. The van der Waals surface area contributed by atoms with Crippen LogP contribution in [0.2, 0.25) is 0 Å². The number of likely N-dealkylation sites (tertiary alicyclic amines) is 1. The number of aromatic nitrogens is 2. The smallest absolute Gasteiger partial charge is 0.244 e. The first-order valence-electron chi connectivity index (χ1n) is 6.98. The van der Waals surface area contributed by atoms with E-state index in [1.165, 1.54) is 0 Å². The summed E-state index contributed by atoms with van der Waals surface area (Å²) in [5.41, 5.74) is 8.10. The lowest BCUT2D eigenvalue weighted by atomic mass is 9.68. The molecule has 0 aliphatic carbocycles. The van der Waals surface area contributed by atoms with Gasteiger partial charge in [0.05, 0.1) is 5.41 Å². The summed E-state index contributed by atoms with van der Waals surface area (Å²) < 4.78 is 5.53. The van der Waals surface area contributed by atoms with Crippen LogP contribution in [0.3, 0.4) is 0 Å². The summed E-state index contributed by atoms with van der Waals surface area (Å²) in [7, 11) is 0. The maximum absolute atomic E-state index is 9.57. The van der Waals surface area contributed by atoms with Gasteiger partial charge in [-0.3, -0.25) is 5.10 Å². The summed E-state index contributed by atoms with van der Waals surface area (Å²) in [5.74, 6) is 0.724.